The largest absolute Gasteiger partial charge is 0.466 e. The highest BCUT2D eigenvalue weighted by atomic mass is 35.5. The molecule has 0 spiro atoms. The summed E-state index contributed by atoms with van der Waals surface area (Å²) >= 11 is 6.22. The van der Waals surface area contributed by atoms with E-state index < -0.39 is 0 Å². The molecule has 2 aromatic carbocycles. The van der Waals surface area contributed by atoms with Gasteiger partial charge in [0.05, 0.1) is 6.61 Å². The predicted octanol–water partition coefficient (Wildman–Crippen LogP) is 3.41. The Morgan fingerprint density at radius 3 is 2.52 bits per heavy atom. The van der Waals surface area contributed by atoms with Crippen molar-refractivity contribution in [1.82, 2.24) is 0 Å². The maximum Gasteiger partial charge on any atom is 0.312 e. The number of aryl methyl sites for hydroxylation is 1. The number of benzene rings is 2. The lowest BCUT2D eigenvalue weighted by Gasteiger charge is -2.16. The third kappa shape index (κ3) is 5.38. The first kappa shape index (κ1) is 17.5. The van der Waals surface area contributed by atoms with Crippen LogP contribution >= 0.6 is 11.6 Å². The van der Waals surface area contributed by atoms with Gasteiger partial charge in [-0.05, 0) is 19.9 Å². The number of halogens is 1. The van der Waals surface area contributed by atoms with E-state index in [-0.39, 0.29) is 12.0 Å². The van der Waals surface area contributed by atoms with Gasteiger partial charge in [-0.15, -0.1) is 0 Å². The molecule has 2 N–H and O–H groups in total. The van der Waals surface area contributed by atoms with Crippen LogP contribution in [0.4, 0.5) is 0 Å². The van der Waals surface area contributed by atoms with Crippen molar-refractivity contribution in [3.05, 3.63) is 70.2 Å². The Labute approximate surface area is 142 Å². The van der Waals surface area contributed by atoms with E-state index in [0.29, 0.717) is 13.0 Å². The van der Waals surface area contributed by atoms with E-state index >= 15 is 0 Å². The van der Waals surface area contributed by atoms with Crippen molar-refractivity contribution in [2.24, 2.45) is 0 Å². The number of rotatable bonds is 7. The van der Waals surface area contributed by atoms with E-state index in [2.05, 4.69) is 36.5 Å². The van der Waals surface area contributed by atoms with Gasteiger partial charge in [-0.2, -0.15) is 0 Å². The summed E-state index contributed by atoms with van der Waals surface area (Å²) in [5.74, 6) is -0.173. The van der Waals surface area contributed by atoms with Crippen molar-refractivity contribution in [3.63, 3.8) is 0 Å². The van der Waals surface area contributed by atoms with E-state index in [9.17, 15) is 4.79 Å². The first-order chi connectivity index (χ1) is 11.1. The highest BCUT2D eigenvalue weighted by molar-refractivity contribution is 6.31. The minimum absolute atomic E-state index is 0.0194. The standard InChI is InChI=1S/C19H22ClNO2/c1-3-23-19(22)12-18(15-10-8-14(2)9-11-15)21-13-16-6-4-5-7-17(16)20/h4-11,18,21H,3,12-13H2,1-2H3/p+1/t18-/m0/s1. The van der Waals surface area contributed by atoms with Crippen LogP contribution in [0.2, 0.25) is 5.02 Å². The Morgan fingerprint density at radius 1 is 1.17 bits per heavy atom. The quantitative estimate of drug-likeness (QED) is 0.790. The Bertz CT molecular complexity index is 640. The zero-order valence-electron chi connectivity index (χ0n) is 13.6. The van der Waals surface area contributed by atoms with Gasteiger partial charge in [0.25, 0.3) is 0 Å². The molecular weight excluding hydrogens is 310 g/mol. The molecule has 0 aliphatic rings. The molecule has 122 valence electrons. The molecule has 23 heavy (non-hydrogen) atoms. The van der Waals surface area contributed by atoms with Crippen LogP contribution in [-0.2, 0) is 16.1 Å². The van der Waals surface area contributed by atoms with E-state index in [1.54, 1.807) is 0 Å². The fourth-order valence-electron chi connectivity index (χ4n) is 2.48. The highest BCUT2D eigenvalue weighted by Crippen LogP contribution is 2.17. The summed E-state index contributed by atoms with van der Waals surface area (Å²) in [6, 6.07) is 16.1. The summed E-state index contributed by atoms with van der Waals surface area (Å²) in [4.78, 5) is 11.9. The Kier molecular flexibility index (Phi) is 6.63. The number of nitrogens with two attached hydrogens (primary N) is 1. The molecule has 0 amide bonds. The molecule has 0 aromatic heterocycles. The van der Waals surface area contributed by atoms with Crippen LogP contribution in [0, 0.1) is 6.92 Å². The van der Waals surface area contributed by atoms with Crippen molar-refractivity contribution in [2.75, 3.05) is 6.61 Å². The molecule has 0 fully saturated rings. The lowest BCUT2D eigenvalue weighted by atomic mass is 10.0. The average molecular weight is 333 g/mol. The highest BCUT2D eigenvalue weighted by Gasteiger charge is 2.20. The minimum atomic E-state index is -0.173. The number of quaternary nitrogens is 1. The summed E-state index contributed by atoms with van der Waals surface area (Å²) in [6.45, 7) is 5.01. The molecule has 2 rings (SSSR count). The van der Waals surface area contributed by atoms with Gasteiger partial charge in [0.1, 0.15) is 19.0 Å². The molecule has 0 saturated heterocycles. The van der Waals surface area contributed by atoms with Crippen LogP contribution in [0.25, 0.3) is 0 Å². The van der Waals surface area contributed by atoms with Crippen molar-refractivity contribution < 1.29 is 14.8 Å². The lowest BCUT2D eigenvalue weighted by Crippen LogP contribution is -2.84. The summed E-state index contributed by atoms with van der Waals surface area (Å²) in [7, 11) is 0. The zero-order chi connectivity index (χ0) is 16.7. The van der Waals surface area contributed by atoms with Gasteiger partial charge >= 0.3 is 5.97 Å². The van der Waals surface area contributed by atoms with Crippen LogP contribution in [0.15, 0.2) is 48.5 Å². The summed E-state index contributed by atoms with van der Waals surface area (Å²) in [5, 5.41) is 2.89. The van der Waals surface area contributed by atoms with Crippen LogP contribution < -0.4 is 5.32 Å². The molecule has 0 radical (unpaired) electrons. The van der Waals surface area contributed by atoms with Gasteiger partial charge in [-0.25, -0.2) is 0 Å². The number of hydrogen-bond acceptors (Lipinski definition) is 2. The van der Waals surface area contributed by atoms with Gasteiger partial charge in [0, 0.05) is 16.1 Å². The second kappa shape index (κ2) is 8.70. The fraction of sp³-hybridized carbons (Fsp3) is 0.316. The van der Waals surface area contributed by atoms with Crippen molar-refractivity contribution in [3.8, 4) is 0 Å². The number of carbonyl (C=O) groups is 1. The molecule has 4 heteroatoms. The van der Waals surface area contributed by atoms with Crippen LogP contribution in [0.5, 0.6) is 0 Å². The molecule has 0 saturated carbocycles. The fourth-order valence-corrected chi connectivity index (χ4v) is 2.70. The van der Waals surface area contributed by atoms with E-state index in [4.69, 9.17) is 16.3 Å². The molecule has 2 aromatic rings. The van der Waals surface area contributed by atoms with Crippen molar-refractivity contribution >= 4 is 17.6 Å². The molecular formula is C19H23ClNO2+. The van der Waals surface area contributed by atoms with Gasteiger partial charge in [-0.1, -0.05) is 59.6 Å². The number of esters is 1. The third-order valence-corrected chi connectivity index (χ3v) is 4.15. The number of ether oxygens (including phenoxy) is 1. The molecule has 0 aliphatic heterocycles. The molecule has 0 heterocycles. The van der Waals surface area contributed by atoms with E-state index in [0.717, 1.165) is 22.7 Å². The topological polar surface area (TPSA) is 42.9 Å². The normalized spacial score (nSPS) is 12.0. The number of carbonyl (C=O) groups excluding carboxylic acids is 1. The Morgan fingerprint density at radius 2 is 1.87 bits per heavy atom. The summed E-state index contributed by atoms with van der Waals surface area (Å²) in [6.07, 6.45) is 0.349. The second-order valence-electron chi connectivity index (χ2n) is 5.56. The molecule has 0 bridgehead atoms. The van der Waals surface area contributed by atoms with E-state index in [1.807, 2.05) is 31.2 Å². The van der Waals surface area contributed by atoms with Crippen LogP contribution in [-0.4, -0.2) is 12.6 Å². The van der Waals surface area contributed by atoms with Gasteiger partial charge in [0.2, 0.25) is 0 Å². The van der Waals surface area contributed by atoms with Crippen LogP contribution in [0.3, 0.4) is 0 Å². The summed E-state index contributed by atoms with van der Waals surface area (Å²) in [5.41, 5.74) is 3.39. The lowest BCUT2D eigenvalue weighted by molar-refractivity contribution is -0.710. The first-order valence-corrected chi connectivity index (χ1v) is 8.27. The predicted molar refractivity (Wildman–Crippen MR) is 92.3 cm³/mol. The summed E-state index contributed by atoms with van der Waals surface area (Å²) < 4.78 is 5.11. The minimum Gasteiger partial charge on any atom is -0.466 e. The van der Waals surface area contributed by atoms with Crippen molar-refractivity contribution in [2.45, 2.75) is 32.9 Å². The van der Waals surface area contributed by atoms with Gasteiger partial charge in [0.15, 0.2) is 0 Å². The molecule has 0 unspecified atom stereocenters. The van der Waals surface area contributed by atoms with Crippen LogP contribution in [0.1, 0.15) is 36.1 Å². The smallest absolute Gasteiger partial charge is 0.312 e. The monoisotopic (exact) mass is 332 g/mol. The van der Waals surface area contributed by atoms with E-state index in [1.165, 1.54) is 5.56 Å². The zero-order valence-corrected chi connectivity index (χ0v) is 14.3. The van der Waals surface area contributed by atoms with Gasteiger partial charge in [-0.3, -0.25) is 4.79 Å². The Balaban J connectivity index is 2.11. The maximum atomic E-state index is 11.9. The van der Waals surface area contributed by atoms with Gasteiger partial charge < -0.3 is 10.1 Å². The molecule has 0 aliphatic carbocycles. The Hall–Kier alpha value is -1.84. The average Bonchev–Trinajstić information content (AvgIpc) is 2.54. The first-order valence-electron chi connectivity index (χ1n) is 7.89. The SMILES string of the molecule is CCOC(=O)C[C@H]([NH2+]Cc1ccccc1Cl)c1ccc(C)cc1. The third-order valence-electron chi connectivity index (χ3n) is 3.78. The maximum absolute atomic E-state index is 11.9. The van der Waals surface area contributed by atoms with Crippen molar-refractivity contribution in [1.29, 1.82) is 0 Å². The molecule has 3 nitrogen and oxygen atoms in total. The second-order valence-corrected chi connectivity index (χ2v) is 5.96. The molecule has 1 atom stereocenters. The number of hydrogen-bond donors (Lipinski definition) is 1.